The first-order chi connectivity index (χ1) is 12.7. The van der Waals surface area contributed by atoms with Gasteiger partial charge in [0.25, 0.3) is 11.8 Å². The Morgan fingerprint density at radius 1 is 1.15 bits per heavy atom. The maximum Gasteiger partial charge on any atom is 0.256 e. The maximum absolute atomic E-state index is 12.9. The number of hydrogen-bond donors (Lipinski definition) is 1. The molecule has 3 heterocycles. The van der Waals surface area contributed by atoms with Gasteiger partial charge < -0.3 is 15.0 Å². The molecule has 2 aliphatic rings. The zero-order chi connectivity index (χ0) is 17.9. The molecule has 6 heteroatoms. The number of thiophene rings is 1. The second kappa shape index (κ2) is 7.60. The normalized spacial score (nSPS) is 20.5. The van der Waals surface area contributed by atoms with E-state index in [1.165, 1.54) is 16.9 Å². The summed E-state index contributed by atoms with van der Waals surface area (Å²) in [6.45, 7) is 1.88. The summed E-state index contributed by atoms with van der Waals surface area (Å²) < 4.78 is 5.80. The number of ether oxygens (including phenoxy) is 1. The van der Waals surface area contributed by atoms with Crippen LogP contribution in [0, 0.1) is 0 Å². The molecule has 136 valence electrons. The number of carbonyl (C=O) groups is 2. The number of carbonyl (C=O) groups excluding carboxylic acids is 2. The summed E-state index contributed by atoms with van der Waals surface area (Å²) in [4.78, 5) is 27.0. The lowest BCUT2D eigenvalue weighted by Crippen LogP contribution is -2.48. The zero-order valence-electron chi connectivity index (χ0n) is 14.5. The van der Waals surface area contributed by atoms with E-state index in [-0.39, 0.29) is 17.9 Å². The van der Waals surface area contributed by atoms with Crippen molar-refractivity contribution in [2.24, 2.45) is 0 Å². The molecule has 1 fully saturated rings. The van der Waals surface area contributed by atoms with Gasteiger partial charge in [-0.15, -0.1) is 0 Å². The molecular formula is C20H22N2O3S. The first-order valence-electron chi connectivity index (χ1n) is 9.03. The summed E-state index contributed by atoms with van der Waals surface area (Å²) in [7, 11) is 0. The van der Waals surface area contributed by atoms with Crippen molar-refractivity contribution in [1.29, 1.82) is 0 Å². The molecule has 1 atom stereocenters. The van der Waals surface area contributed by atoms with Gasteiger partial charge in [0.2, 0.25) is 0 Å². The highest BCUT2D eigenvalue weighted by atomic mass is 32.1. The lowest BCUT2D eigenvalue weighted by molar-refractivity contribution is -0.146. The van der Waals surface area contributed by atoms with Crippen molar-refractivity contribution in [3.8, 4) is 0 Å². The molecular weight excluding hydrogens is 348 g/mol. The van der Waals surface area contributed by atoms with Gasteiger partial charge in [0, 0.05) is 30.1 Å². The highest BCUT2D eigenvalue weighted by Crippen LogP contribution is 2.29. The minimum atomic E-state index is -0.489. The topological polar surface area (TPSA) is 58.6 Å². The quantitative estimate of drug-likeness (QED) is 0.904. The van der Waals surface area contributed by atoms with E-state index >= 15 is 0 Å². The van der Waals surface area contributed by atoms with Gasteiger partial charge in [-0.3, -0.25) is 9.59 Å². The first kappa shape index (κ1) is 17.2. The van der Waals surface area contributed by atoms with Crippen LogP contribution in [0.3, 0.4) is 0 Å². The molecule has 1 aromatic carbocycles. The minimum absolute atomic E-state index is 0.0273. The highest BCUT2D eigenvalue weighted by Gasteiger charge is 2.33. The van der Waals surface area contributed by atoms with E-state index in [4.69, 9.17) is 4.74 Å². The van der Waals surface area contributed by atoms with Gasteiger partial charge in [0.05, 0.1) is 6.61 Å². The van der Waals surface area contributed by atoms with Crippen molar-refractivity contribution in [2.45, 2.75) is 31.4 Å². The molecule has 26 heavy (non-hydrogen) atoms. The Bertz CT molecular complexity index is 782. The molecule has 1 unspecified atom stereocenters. The summed E-state index contributed by atoms with van der Waals surface area (Å²) >= 11 is 1.52. The van der Waals surface area contributed by atoms with E-state index in [1.54, 1.807) is 0 Å². The number of fused-ring (bicyclic) bond motifs is 1. The number of nitrogens with one attached hydrogen (secondary N) is 1. The molecule has 1 N–H and O–H groups in total. The third kappa shape index (κ3) is 3.52. The van der Waals surface area contributed by atoms with Crippen molar-refractivity contribution in [2.75, 3.05) is 19.7 Å². The summed E-state index contributed by atoms with van der Waals surface area (Å²) in [6, 6.07) is 9.98. The summed E-state index contributed by atoms with van der Waals surface area (Å²) in [5, 5.41) is 6.83. The van der Waals surface area contributed by atoms with Crippen molar-refractivity contribution < 1.29 is 14.3 Å². The summed E-state index contributed by atoms with van der Waals surface area (Å²) in [6.07, 6.45) is 1.92. The maximum atomic E-state index is 12.9. The molecule has 2 amide bonds. The Hall–Kier alpha value is -2.18. The zero-order valence-corrected chi connectivity index (χ0v) is 15.3. The predicted octanol–water partition coefficient (Wildman–Crippen LogP) is 2.78. The van der Waals surface area contributed by atoms with E-state index in [9.17, 15) is 9.59 Å². The summed E-state index contributed by atoms with van der Waals surface area (Å²) in [5.74, 6) is 0.0142. The van der Waals surface area contributed by atoms with Crippen molar-refractivity contribution in [3.05, 3.63) is 57.8 Å². The Morgan fingerprint density at radius 3 is 2.73 bits per heavy atom. The molecule has 1 saturated heterocycles. The van der Waals surface area contributed by atoms with Crippen LogP contribution in [-0.4, -0.2) is 42.5 Å². The Labute approximate surface area is 157 Å². The van der Waals surface area contributed by atoms with Crippen molar-refractivity contribution >= 4 is 23.2 Å². The Balaban J connectivity index is 1.35. The van der Waals surface area contributed by atoms with Gasteiger partial charge in [-0.05, 0) is 41.8 Å². The molecule has 0 saturated carbocycles. The Kier molecular flexibility index (Phi) is 5.04. The molecule has 0 radical (unpaired) electrons. The largest absolute Gasteiger partial charge is 0.363 e. The lowest BCUT2D eigenvalue weighted by Gasteiger charge is -2.35. The fraction of sp³-hybridized carbons (Fsp3) is 0.400. The fourth-order valence-electron chi connectivity index (χ4n) is 3.67. The molecule has 2 aliphatic heterocycles. The number of amides is 2. The van der Waals surface area contributed by atoms with Crippen LogP contribution in [0.1, 0.15) is 40.4 Å². The molecule has 0 aliphatic carbocycles. The van der Waals surface area contributed by atoms with Crippen LogP contribution in [-0.2, 0) is 16.0 Å². The van der Waals surface area contributed by atoms with Crippen LogP contribution in [0.15, 0.2) is 41.1 Å². The minimum Gasteiger partial charge on any atom is -0.363 e. The summed E-state index contributed by atoms with van der Waals surface area (Å²) in [5.41, 5.74) is 2.91. The van der Waals surface area contributed by atoms with Gasteiger partial charge in [-0.1, -0.05) is 24.3 Å². The number of piperidine rings is 1. The first-order valence-corrected chi connectivity index (χ1v) is 9.98. The second-order valence-corrected chi connectivity index (χ2v) is 7.56. The highest BCUT2D eigenvalue weighted by molar-refractivity contribution is 7.08. The molecule has 2 aromatic rings. The van der Waals surface area contributed by atoms with Crippen molar-refractivity contribution in [1.82, 2.24) is 10.2 Å². The fourth-order valence-corrected chi connectivity index (χ4v) is 4.31. The molecule has 4 rings (SSSR count). The SMILES string of the molecule is O=C(NC1CCN(C(=O)C2OCCc3ccccc32)CC1)c1ccsc1. The third-order valence-corrected chi connectivity index (χ3v) is 5.83. The van der Waals surface area contributed by atoms with Crippen LogP contribution in [0.4, 0.5) is 0 Å². The predicted molar refractivity (Wildman–Crippen MR) is 100 cm³/mol. The van der Waals surface area contributed by atoms with Gasteiger partial charge in [-0.25, -0.2) is 0 Å². The van der Waals surface area contributed by atoms with Crippen molar-refractivity contribution in [3.63, 3.8) is 0 Å². The standard InChI is InChI=1S/C20H22N2O3S/c23-19(15-8-12-26-13-15)21-16-5-9-22(10-6-16)20(24)18-17-4-2-1-3-14(17)7-11-25-18/h1-4,8,12-13,16,18H,5-7,9-11H2,(H,21,23). The Morgan fingerprint density at radius 2 is 1.96 bits per heavy atom. The monoisotopic (exact) mass is 370 g/mol. The number of benzene rings is 1. The van der Waals surface area contributed by atoms with Crippen LogP contribution in [0.5, 0.6) is 0 Å². The molecule has 0 spiro atoms. The average molecular weight is 370 g/mol. The van der Waals surface area contributed by atoms with Gasteiger partial charge in [-0.2, -0.15) is 11.3 Å². The number of nitrogens with zero attached hydrogens (tertiary/aromatic N) is 1. The van der Waals surface area contributed by atoms with E-state index < -0.39 is 6.10 Å². The molecule has 5 nitrogen and oxygen atoms in total. The van der Waals surface area contributed by atoms with Crippen LogP contribution in [0.2, 0.25) is 0 Å². The van der Waals surface area contributed by atoms with Gasteiger partial charge in [0.15, 0.2) is 6.10 Å². The number of rotatable bonds is 3. The molecule has 0 bridgehead atoms. The van der Waals surface area contributed by atoms with E-state index in [2.05, 4.69) is 11.4 Å². The smallest absolute Gasteiger partial charge is 0.256 e. The van der Waals surface area contributed by atoms with E-state index in [1.807, 2.05) is 39.9 Å². The van der Waals surface area contributed by atoms with E-state index in [0.717, 1.165) is 24.8 Å². The second-order valence-electron chi connectivity index (χ2n) is 6.78. The number of hydrogen-bond acceptors (Lipinski definition) is 4. The molecule has 1 aromatic heterocycles. The van der Waals surface area contributed by atoms with E-state index in [0.29, 0.717) is 25.3 Å². The van der Waals surface area contributed by atoms with Crippen LogP contribution in [0.25, 0.3) is 0 Å². The third-order valence-electron chi connectivity index (χ3n) is 5.14. The van der Waals surface area contributed by atoms with Crippen LogP contribution < -0.4 is 5.32 Å². The number of likely N-dealkylation sites (tertiary alicyclic amines) is 1. The van der Waals surface area contributed by atoms with Gasteiger partial charge in [0.1, 0.15) is 0 Å². The lowest BCUT2D eigenvalue weighted by atomic mass is 9.96. The van der Waals surface area contributed by atoms with Gasteiger partial charge >= 0.3 is 0 Å². The average Bonchev–Trinajstić information content (AvgIpc) is 3.23. The van der Waals surface area contributed by atoms with Crippen LogP contribution >= 0.6 is 11.3 Å².